The van der Waals surface area contributed by atoms with E-state index in [4.69, 9.17) is 4.74 Å². The number of imidazole rings is 1. The van der Waals surface area contributed by atoms with Crippen molar-refractivity contribution in [3.8, 4) is 11.3 Å². The number of hydrogen-bond acceptors (Lipinski definition) is 7. The summed E-state index contributed by atoms with van der Waals surface area (Å²) in [4.78, 5) is 31.6. The summed E-state index contributed by atoms with van der Waals surface area (Å²) in [6, 6.07) is 6.23. The lowest BCUT2D eigenvalue weighted by molar-refractivity contribution is -0.0586. The highest BCUT2D eigenvalue weighted by molar-refractivity contribution is 5.94. The van der Waals surface area contributed by atoms with Gasteiger partial charge in [-0.1, -0.05) is 0 Å². The van der Waals surface area contributed by atoms with Crippen molar-refractivity contribution in [3.05, 3.63) is 59.7 Å². The predicted octanol–water partition coefficient (Wildman–Crippen LogP) is 5.05. The molecule has 1 saturated heterocycles. The van der Waals surface area contributed by atoms with Gasteiger partial charge in [-0.25, -0.2) is 28.7 Å². The van der Waals surface area contributed by atoms with Crippen LogP contribution in [0.3, 0.4) is 0 Å². The molecule has 4 heterocycles. The summed E-state index contributed by atoms with van der Waals surface area (Å²) in [6.07, 6.45) is 2.42. The van der Waals surface area contributed by atoms with Gasteiger partial charge in [-0.3, -0.25) is 4.79 Å². The number of carbonyl (C=O) groups excluding carboxylic acids is 1. The van der Waals surface area contributed by atoms with Crippen LogP contribution in [0.2, 0.25) is 0 Å². The Morgan fingerprint density at radius 2 is 1.79 bits per heavy atom. The van der Waals surface area contributed by atoms with E-state index in [1.165, 1.54) is 12.3 Å². The molecule has 2 atom stereocenters. The van der Waals surface area contributed by atoms with Crippen LogP contribution in [-0.2, 0) is 4.74 Å². The van der Waals surface area contributed by atoms with Gasteiger partial charge in [0.2, 0.25) is 5.95 Å². The Labute approximate surface area is 218 Å². The third-order valence-electron chi connectivity index (χ3n) is 6.42. The number of rotatable bonds is 5. The number of pyridine rings is 1. The maximum Gasteiger partial charge on any atom is 0.255 e. The number of nitrogens with zero attached hydrogens (tertiary/aromatic N) is 6. The number of carbonyl (C=O) groups is 1. The summed E-state index contributed by atoms with van der Waals surface area (Å²) < 4.78 is 37.3. The zero-order valence-electron chi connectivity index (χ0n) is 21.9. The van der Waals surface area contributed by atoms with Crippen molar-refractivity contribution < 1.29 is 18.3 Å². The summed E-state index contributed by atoms with van der Waals surface area (Å²) in [5.74, 6) is -0.249. The van der Waals surface area contributed by atoms with Gasteiger partial charge in [0, 0.05) is 30.9 Å². The van der Waals surface area contributed by atoms with Gasteiger partial charge in [0.25, 0.3) is 5.91 Å². The first-order chi connectivity index (χ1) is 18.1. The Balaban J connectivity index is 1.39. The number of morpholine rings is 1. The Morgan fingerprint density at radius 1 is 1.05 bits per heavy atom. The van der Waals surface area contributed by atoms with Gasteiger partial charge in [0.05, 0.1) is 29.5 Å². The molecule has 1 fully saturated rings. The van der Waals surface area contributed by atoms with E-state index >= 15 is 0 Å². The molecule has 9 nitrogen and oxygen atoms in total. The van der Waals surface area contributed by atoms with Crippen molar-refractivity contribution in [2.75, 3.05) is 18.4 Å². The van der Waals surface area contributed by atoms with E-state index in [1.807, 2.05) is 32.3 Å². The molecule has 3 aromatic heterocycles. The summed E-state index contributed by atoms with van der Waals surface area (Å²) in [6.45, 7) is 10.6. The third-order valence-corrected chi connectivity index (χ3v) is 6.42. The summed E-state index contributed by atoms with van der Waals surface area (Å²) >= 11 is 0. The van der Waals surface area contributed by atoms with Gasteiger partial charge in [0.1, 0.15) is 22.9 Å². The maximum atomic E-state index is 14.9. The van der Waals surface area contributed by atoms with Crippen LogP contribution in [0.4, 0.5) is 20.5 Å². The quantitative estimate of drug-likeness (QED) is 0.393. The maximum absolute atomic E-state index is 14.9. The normalized spacial score (nSPS) is 17.8. The fourth-order valence-corrected chi connectivity index (χ4v) is 4.92. The number of hydrogen-bond donors (Lipinski definition) is 1. The molecule has 0 spiro atoms. The highest BCUT2D eigenvalue weighted by Gasteiger charge is 2.27. The molecule has 0 bridgehead atoms. The largest absolute Gasteiger partial charge is 0.372 e. The first kappa shape index (κ1) is 25.7. The van der Waals surface area contributed by atoms with Crippen LogP contribution >= 0.6 is 0 Å². The Kier molecular flexibility index (Phi) is 6.78. The van der Waals surface area contributed by atoms with Crippen molar-refractivity contribution >= 4 is 28.7 Å². The van der Waals surface area contributed by atoms with Crippen LogP contribution in [0.25, 0.3) is 22.3 Å². The van der Waals surface area contributed by atoms with E-state index < -0.39 is 11.6 Å². The summed E-state index contributed by atoms with van der Waals surface area (Å²) in [5.41, 5.74) is 1.44. The second-order valence-corrected chi connectivity index (χ2v) is 9.86. The van der Waals surface area contributed by atoms with Crippen LogP contribution < -0.4 is 5.32 Å². The van der Waals surface area contributed by atoms with Gasteiger partial charge in [0.15, 0.2) is 11.6 Å². The van der Waals surface area contributed by atoms with Crippen molar-refractivity contribution in [1.82, 2.24) is 29.4 Å². The number of benzene rings is 1. The second kappa shape index (κ2) is 10.1. The van der Waals surface area contributed by atoms with Crippen LogP contribution in [0, 0.1) is 18.6 Å². The van der Waals surface area contributed by atoms with Gasteiger partial charge in [-0.2, -0.15) is 0 Å². The molecular weight excluding hydrogens is 492 g/mol. The minimum Gasteiger partial charge on any atom is -0.372 e. The first-order valence-electron chi connectivity index (χ1n) is 12.5. The smallest absolute Gasteiger partial charge is 0.255 e. The summed E-state index contributed by atoms with van der Waals surface area (Å²) in [7, 11) is 0. The third kappa shape index (κ3) is 4.93. The van der Waals surface area contributed by atoms with Crippen molar-refractivity contribution in [2.24, 2.45) is 0 Å². The molecule has 1 amide bonds. The number of aromatic nitrogens is 5. The molecule has 4 aromatic rings. The zero-order chi connectivity index (χ0) is 27.1. The average Bonchev–Trinajstić information content (AvgIpc) is 3.21. The van der Waals surface area contributed by atoms with Crippen molar-refractivity contribution in [2.45, 2.75) is 52.9 Å². The summed E-state index contributed by atoms with van der Waals surface area (Å²) in [5, 5.41) is 2.93. The molecule has 0 saturated carbocycles. The van der Waals surface area contributed by atoms with E-state index in [2.05, 4.69) is 25.3 Å². The van der Waals surface area contributed by atoms with E-state index in [0.29, 0.717) is 35.8 Å². The Hall–Kier alpha value is -3.99. The Bertz CT molecular complexity index is 1490. The van der Waals surface area contributed by atoms with E-state index in [0.717, 1.165) is 6.20 Å². The first-order valence-corrected chi connectivity index (χ1v) is 12.5. The van der Waals surface area contributed by atoms with Crippen LogP contribution in [0.15, 0.2) is 36.7 Å². The predicted molar refractivity (Wildman–Crippen MR) is 139 cm³/mol. The highest BCUT2D eigenvalue weighted by Crippen LogP contribution is 2.30. The molecular formula is C27H29F2N7O2. The molecule has 1 N–H and O–H groups in total. The topological polar surface area (TPSA) is 98.1 Å². The molecule has 0 radical (unpaired) electrons. The van der Waals surface area contributed by atoms with E-state index in [9.17, 15) is 13.6 Å². The number of amides is 1. The van der Waals surface area contributed by atoms with Crippen molar-refractivity contribution in [1.29, 1.82) is 0 Å². The van der Waals surface area contributed by atoms with Crippen LogP contribution in [0.1, 0.15) is 49.9 Å². The molecule has 1 aliphatic heterocycles. The van der Waals surface area contributed by atoms with Crippen LogP contribution in [-0.4, -0.2) is 60.6 Å². The molecule has 0 unspecified atom stereocenters. The molecule has 1 aromatic carbocycles. The highest BCUT2D eigenvalue weighted by atomic mass is 19.1. The lowest BCUT2D eigenvalue weighted by Gasteiger charge is -2.35. The molecule has 0 aliphatic carbocycles. The fraction of sp³-hybridized carbons (Fsp3) is 0.370. The number of fused-ring (bicyclic) bond motifs is 1. The lowest BCUT2D eigenvalue weighted by Crippen LogP contribution is -2.48. The van der Waals surface area contributed by atoms with Gasteiger partial charge >= 0.3 is 0 Å². The van der Waals surface area contributed by atoms with Gasteiger partial charge < -0.3 is 19.5 Å². The molecule has 198 valence electrons. The minimum atomic E-state index is -0.690. The van der Waals surface area contributed by atoms with Crippen LogP contribution in [0.5, 0.6) is 0 Å². The second-order valence-electron chi connectivity index (χ2n) is 9.86. The SMILES string of the molecule is Cc1nc2c(F)cc(-c3nc(Nc4ccc(C(=O)N5C[C@@H](C)O[C@@H](C)C5)cn4)ncc3F)cc2n1C(C)C. The number of anilines is 2. The standard InChI is InChI=1S/C27H29F2N7O2/c1-14(2)36-17(5)32-25-20(28)8-19(9-22(25)36)24-21(29)11-31-27(34-24)33-23-7-6-18(10-30-23)26(37)35-12-15(3)38-16(4)13-35/h6-11,14-16H,12-13H2,1-5H3,(H,30,31,33,34)/t15-,16+. The Morgan fingerprint density at radius 3 is 2.45 bits per heavy atom. The van der Waals surface area contributed by atoms with Crippen molar-refractivity contribution in [3.63, 3.8) is 0 Å². The number of ether oxygens (including phenoxy) is 1. The molecule has 11 heteroatoms. The number of halogens is 2. The monoisotopic (exact) mass is 521 g/mol. The molecule has 5 rings (SSSR count). The van der Waals surface area contributed by atoms with E-state index in [1.54, 1.807) is 30.0 Å². The lowest BCUT2D eigenvalue weighted by atomic mass is 10.1. The average molecular weight is 522 g/mol. The van der Waals surface area contributed by atoms with Gasteiger partial charge in [-0.15, -0.1) is 0 Å². The number of aryl methyl sites for hydroxylation is 1. The zero-order valence-corrected chi connectivity index (χ0v) is 21.9. The minimum absolute atomic E-state index is 0.0365. The molecule has 38 heavy (non-hydrogen) atoms. The van der Waals surface area contributed by atoms with Gasteiger partial charge in [-0.05, 0) is 58.9 Å². The fourth-order valence-electron chi connectivity index (χ4n) is 4.92. The molecule has 1 aliphatic rings. The van der Waals surface area contributed by atoms with E-state index in [-0.39, 0.29) is 46.9 Å². The number of nitrogens with one attached hydrogen (secondary N) is 1.